The molecule has 0 radical (unpaired) electrons. The van der Waals surface area contributed by atoms with E-state index >= 15 is 0 Å². The largest absolute Gasteiger partial charge is 0.426 e. The Morgan fingerprint density at radius 2 is 2.15 bits per heavy atom. The molecule has 3 rings (SSSR count). The molecule has 2 aliphatic heterocycles. The van der Waals surface area contributed by atoms with Gasteiger partial charge in [-0.25, -0.2) is 9.78 Å². The van der Waals surface area contributed by atoms with Crippen LogP contribution < -0.4 is 11.1 Å². The van der Waals surface area contributed by atoms with Crippen molar-refractivity contribution in [3.8, 4) is 0 Å². The van der Waals surface area contributed by atoms with Gasteiger partial charge in [-0.05, 0) is 12.5 Å². The molecular weight excluding hydrogens is 474 g/mol. The van der Waals surface area contributed by atoms with E-state index in [4.69, 9.17) is 15.2 Å². The van der Waals surface area contributed by atoms with Crippen molar-refractivity contribution >= 4 is 57.7 Å². The number of esters is 2. The molecule has 1 aromatic rings. The highest BCUT2D eigenvalue weighted by atomic mass is 32.2. The Morgan fingerprint density at radius 1 is 1.42 bits per heavy atom. The third-order valence-corrected chi connectivity index (χ3v) is 6.66. The van der Waals surface area contributed by atoms with Gasteiger partial charge in [-0.2, -0.15) is 0 Å². The minimum atomic E-state index is -1.15. The Labute approximate surface area is 196 Å². The minimum Gasteiger partial charge on any atom is -0.426 e. The van der Waals surface area contributed by atoms with Gasteiger partial charge in [0.05, 0.1) is 4.88 Å². The van der Waals surface area contributed by atoms with Gasteiger partial charge in [-0.1, -0.05) is 28.6 Å². The van der Waals surface area contributed by atoms with Crippen LogP contribution in [-0.2, 0) is 28.7 Å². The highest BCUT2D eigenvalue weighted by Crippen LogP contribution is 2.41. The number of β-lactam (4-membered cyclic amide) rings is 1. The molecule has 3 unspecified atom stereocenters. The van der Waals surface area contributed by atoms with Crippen LogP contribution in [0.3, 0.4) is 0 Å². The molecule has 2 aliphatic rings. The van der Waals surface area contributed by atoms with Gasteiger partial charge in [0, 0.05) is 25.8 Å². The maximum absolute atomic E-state index is 12.9. The smallest absolute Gasteiger partial charge is 0.358 e. The van der Waals surface area contributed by atoms with E-state index in [1.165, 1.54) is 36.7 Å². The molecule has 0 spiro atoms. The molecule has 4 N–H and O–H groups in total. The lowest BCUT2D eigenvalue weighted by Crippen LogP contribution is -2.71. The average Bonchev–Trinajstić information content (AvgIpc) is 3.17. The predicted molar refractivity (Wildman–Crippen MR) is 119 cm³/mol. The standard InChI is InChI=1S/C19H21N5O7S2/c1-4-5-10-7-32-17-13(22-15(26)12(23-29)11-6-21-19(20)33-11)16(27)24(17)14(10)18(28)31-9(3)30-8(2)25/h4-6,9,13,17,29H,7H2,1-3H3,(H2,20,21)(H,22,26)/b5-4+,23-12+. The van der Waals surface area contributed by atoms with Crippen molar-refractivity contribution in [2.75, 3.05) is 11.5 Å². The number of nitrogens with two attached hydrogens (primary N) is 1. The fraction of sp³-hybridized carbons (Fsp3) is 0.368. The SMILES string of the molecule is C/C=C/C1=C(C(=O)OC(C)OC(C)=O)N2C(=O)C(NC(=O)/C(=N/O)c3cnc(N)s3)C2SC1. The highest BCUT2D eigenvalue weighted by molar-refractivity contribution is 8.00. The van der Waals surface area contributed by atoms with Crippen molar-refractivity contribution in [3.05, 3.63) is 34.5 Å². The van der Waals surface area contributed by atoms with Gasteiger partial charge in [0.1, 0.15) is 17.1 Å². The first-order valence-electron chi connectivity index (χ1n) is 9.61. The Balaban J connectivity index is 1.78. The zero-order chi connectivity index (χ0) is 24.3. The molecule has 176 valence electrons. The van der Waals surface area contributed by atoms with Crippen LogP contribution in [0.15, 0.2) is 34.8 Å². The molecule has 12 nitrogen and oxygen atoms in total. The number of carbonyl (C=O) groups is 4. The van der Waals surface area contributed by atoms with Gasteiger partial charge >= 0.3 is 11.9 Å². The van der Waals surface area contributed by atoms with Crippen molar-refractivity contribution in [2.24, 2.45) is 5.16 Å². The summed E-state index contributed by atoms with van der Waals surface area (Å²) >= 11 is 2.29. The summed E-state index contributed by atoms with van der Waals surface area (Å²) in [5, 5.41) is 14.4. The molecular formula is C19H21N5O7S2. The summed E-state index contributed by atoms with van der Waals surface area (Å²) < 4.78 is 10.0. The van der Waals surface area contributed by atoms with Crippen LogP contribution in [0, 0.1) is 0 Å². The summed E-state index contributed by atoms with van der Waals surface area (Å²) in [6, 6.07) is -0.967. The molecule has 3 heterocycles. The summed E-state index contributed by atoms with van der Waals surface area (Å²) in [7, 11) is 0. The van der Waals surface area contributed by atoms with Gasteiger partial charge in [-0.3, -0.25) is 19.3 Å². The van der Waals surface area contributed by atoms with Crippen molar-refractivity contribution < 1.29 is 33.9 Å². The first kappa shape index (κ1) is 24.3. The molecule has 2 amide bonds. The average molecular weight is 496 g/mol. The molecule has 33 heavy (non-hydrogen) atoms. The minimum absolute atomic E-state index is 0.0117. The van der Waals surface area contributed by atoms with Crippen LogP contribution in [0.1, 0.15) is 25.6 Å². The molecule has 14 heteroatoms. The normalized spacial score (nSPS) is 21.4. The third-order valence-electron chi connectivity index (χ3n) is 4.52. The second-order valence-corrected chi connectivity index (χ2v) is 9.00. The monoisotopic (exact) mass is 495 g/mol. The number of fused-ring (bicyclic) bond motifs is 1. The number of ether oxygens (including phenoxy) is 2. The lowest BCUT2D eigenvalue weighted by molar-refractivity contribution is -0.182. The van der Waals surface area contributed by atoms with E-state index in [1.807, 2.05) is 0 Å². The van der Waals surface area contributed by atoms with Crippen LogP contribution in [0.2, 0.25) is 0 Å². The number of nitrogen functional groups attached to an aromatic ring is 1. The molecule has 0 aliphatic carbocycles. The Bertz CT molecular complexity index is 1080. The summed E-state index contributed by atoms with van der Waals surface area (Å²) in [5.41, 5.74) is 5.78. The van der Waals surface area contributed by atoms with Crippen LogP contribution in [0.5, 0.6) is 0 Å². The van der Waals surface area contributed by atoms with Gasteiger partial charge in [0.25, 0.3) is 11.8 Å². The molecule has 0 aromatic carbocycles. The topological polar surface area (TPSA) is 174 Å². The number of allylic oxidation sites excluding steroid dienone is 2. The quantitative estimate of drug-likeness (QED) is 0.121. The number of nitrogens with one attached hydrogen (secondary N) is 1. The van der Waals surface area contributed by atoms with Crippen molar-refractivity contribution in [3.63, 3.8) is 0 Å². The number of rotatable bonds is 7. The summed E-state index contributed by atoms with van der Waals surface area (Å²) in [6.07, 6.45) is 3.53. The first-order valence-corrected chi connectivity index (χ1v) is 11.5. The number of anilines is 1. The number of carbonyl (C=O) groups excluding carboxylic acids is 4. The molecule has 1 aromatic heterocycles. The lowest BCUT2D eigenvalue weighted by atomic mass is 10.0. The molecule has 0 bridgehead atoms. The van der Waals surface area contributed by atoms with E-state index in [1.54, 1.807) is 19.1 Å². The number of thiazole rings is 1. The van der Waals surface area contributed by atoms with Crippen molar-refractivity contribution in [2.45, 2.75) is 38.5 Å². The zero-order valence-corrected chi connectivity index (χ0v) is 19.4. The Kier molecular flexibility index (Phi) is 7.38. The fourth-order valence-corrected chi connectivity index (χ4v) is 5.22. The Morgan fingerprint density at radius 3 is 2.73 bits per heavy atom. The summed E-state index contributed by atoms with van der Waals surface area (Å²) in [6.45, 7) is 4.32. The number of thioether (sulfide) groups is 1. The van der Waals surface area contributed by atoms with E-state index in [9.17, 15) is 24.4 Å². The number of nitrogens with zero attached hydrogens (tertiary/aromatic N) is 3. The van der Waals surface area contributed by atoms with Crippen LogP contribution in [0.25, 0.3) is 0 Å². The van der Waals surface area contributed by atoms with E-state index in [0.29, 0.717) is 11.3 Å². The third kappa shape index (κ3) is 5.01. The number of hydrogen-bond acceptors (Lipinski definition) is 12. The van der Waals surface area contributed by atoms with Crippen molar-refractivity contribution in [1.29, 1.82) is 0 Å². The second kappa shape index (κ2) is 10.0. The van der Waals surface area contributed by atoms with E-state index in [2.05, 4.69) is 15.5 Å². The van der Waals surface area contributed by atoms with Crippen molar-refractivity contribution in [1.82, 2.24) is 15.2 Å². The molecule has 3 atom stereocenters. The maximum Gasteiger partial charge on any atom is 0.358 e. The van der Waals surface area contributed by atoms with Gasteiger partial charge in [-0.15, -0.1) is 11.8 Å². The first-order chi connectivity index (χ1) is 15.7. The van der Waals surface area contributed by atoms with Gasteiger partial charge in [0.2, 0.25) is 6.29 Å². The van der Waals surface area contributed by atoms with Crippen LogP contribution in [-0.4, -0.2) is 68.0 Å². The van der Waals surface area contributed by atoms with E-state index < -0.39 is 41.5 Å². The predicted octanol–water partition coefficient (Wildman–Crippen LogP) is 0.586. The number of amides is 2. The summed E-state index contributed by atoms with van der Waals surface area (Å²) in [4.78, 5) is 54.7. The number of aromatic nitrogens is 1. The van der Waals surface area contributed by atoms with Crippen LogP contribution in [0.4, 0.5) is 5.13 Å². The Hall–Kier alpha value is -3.39. The lowest BCUT2D eigenvalue weighted by Gasteiger charge is -2.49. The molecule has 0 saturated carbocycles. The number of hydrogen-bond donors (Lipinski definition) is 3. The number of oxime groups is 1. The zero-order valence-electron chi connectivity index (χ0n) is 17.8. The fourth-order valence-electron chi connectivity index (χ4n) is 3.24. The molecule has 1 saturated heterocycles. The molecule has 1 fully saturated rings. The summed E-state index contributed by atoms with van der Waals surface area (Å²) in [5.74, 6) is -2.43. The van der Waals surface area contributed by atoms with Gasteiger partial charge in [0.15, 0.2) is 10.8 Å². The van der Waals surface area contributed by atoms with E-state index in [0.717, 1.165) is 11.3 Å². The van der Waals surface area contributed by atoms with Gasteiger partial charge < -0.3 is 25.7 Å². The highest BCUT2D eigenvalue weighted by Gasteiger charge is 2.54. The van der Waals surface area contributed by atoms with Crippen LogP contribution >= 0.6 is 23.1 Å². The van der Waals surface area contributed by atoms with E-state index in [-0.39, 0.29) is 21.4 Å². The maximum atomic E-state index is 12.9. The second-order valence-electron chi connectivity index (χ2n) is 6.83.